The first-order chi connectivity index (χ1) is 3.43. The molecule has 8 heavy (non-hydrogen) atoms. The summed E-state index contributed by atoms with van der Waals surface area (Å²) in [6, 6.07) is 0. The minimum atomic E-state index is 0. The second kappa shape index (κ2) is 4.90. The summed E-state index contributed by atoms with van der Waals surface area (Å²) in [6.45, 7) is 1.72. The van der Waals surface area contributed by atoms with Gasteiger partial charge in [0.1, 0.15) is 0 Å². The third-order valence-electron chi connectivity index (χ3n) is 0.971. The van der Waals surface area contributed by atoms with Crippen LogP contribution in [0.4, 0.5) is 0 Å². The molecule has 1 aliphatic rings. The van der Waals surface area contributed by atoms with Gasteiger partial charge in [0, 0.05) is 13.1 Å². The van der Waals surface area contributed by atoms with Gasteiger partial charge in [0.15, 0.2) is 0 Å². The summed E-state index contributed by atoms with van der Waals surface area (Å²) in [5.41, 5.74) is 2.82. The molecule has 0 atom stereocenters. The number of hydrogen-bond donors (Lipinski definition) is 1. The molecule has 1 heterocycles. The Bertz CT molecular complexity index is 72.4. The first-order valence-electron chi connectivity index (χ1n) is 2.32. The molecule has 40 valence electrons. The largest absolute Gasteiger partial charge is 1.00 e. The van der Waals surface area contributed by atoms with Gasteiger partial charge >= 0.3 is 51.4 Å². The second-order valence-electron chi connectivity index (χ2n) is 1.50. The van der Waals surface area contributed by atoms with E-state index in [1.54, 1.807) is 6.41 Å². The third-order valence-corrected chi connectivity index (χ3v) is 0.971. The maximum atomic E-state index is 9.75. The van der Waals surface area contributed by atoms with Crippen LogP contribution in [0.3, 0.4) is 0 Å². The van der Waals surface area contributed by atoms with Gasteiger partial charge in [-0.1, -0.05) is 0 Å². The molecule has 1 N–H and O–H groups in total. The van der Waals surface area contributed by atoms with Crippen LogP contribution in [0.5, 0.6) is 0 Å². The number of hydrazine groups is 1. The summed E-state index contributed by atoms with van der Waals surface area (Å²) in [6.07, 6.45) is 2.79. The van der Waals surface area contributed by atoms with E-state index in [4.69, 9.17) is 0 Å². The fraction of sp³-hybridized carbons (Fsp3) is 0.750. The number of nitrogens with one attached hydrogen (secondary N) is 1. The Labute approximate surface area is 91.2 Å². The quantitative estimate of drug-likeness (QED) is 0.298. The van der Waals surface area contributed by atoms with Crippen LogP contribution in [0.1, 0.15) is 6.42 Å². The summed E-state index contributed by atoms with van der Waals surface area (Å²) in [4.78, 5) is 9.75. The SMILES string of the molecule is O=[C-]N1CCCN1.[K+]. The van der Waals surface area contributed by atoms with Crippen LogP contribution >= 0.6 is 0 Å². The number of hydrogen-bond acceptors (Lipinski definition) is 2. The molecule has 0 aromatic rings. The molecule has 1 aliphatic heterocycles. The number of rotatable bonds is 1. The smallest absolute Gasteiger partial charge is 0.518 e. The standard InChI is InChI=1S/C4H7N2O.K/c7-4-6-3-1-2-5-6;/h5H,1-3H2;/q-1;+1. The molecule has 3 nitrogen and oxygen atoms in total. The monoisotopic (exact) mass is 138 g/mol. The van der Waals surface area contributed by atoms with Gasteiger partial charge in [0.05, 0.1) is 0 Å². The summed E-state index contributed by atoms with van der Waals surface area (Å²) >= 11 is 0. The molecule has 0 saturated carbocycles. The van der Waals surface area contributed by atoms with E-state index >= 15 is 0 Å². The van der Waals surface area contributed by atoms with E-state index in [2.05, 4.69) is 5.43 Å². The third kappa shape index (κ3) is 2.57. The van der Waals surface area contributed by atoms with Crippen LogP contribution in [-0.4, -0.2) is 24.5 Å². The number of amides is 1. The Hall–Kier alpha value is 1.07. The van der Waals surface area contributed by atoms with Gasteiger partial charge in [0.2, 0.25) is 0 Å². The molecule has 0 aromatic heterocycles. The van der Waals surface area contributed by atoms with Crippen molar-refractivity contribution in [3.63, 3.8) is 0 Å². The second-order valence-corrected chi connectivity index (χ2v) is 1.50. The van der Waals surface area contributed by atoms with Crippen LogP contribution in [0.2, 0.25) is 0 Å². The van der Waals surface area contributed by atoms with Gasteiger partial charge in [-0.3, -0.25) is 5.43 Å². The zero-order valence-electron chi connectivity index (χ0n) is 4.98. The summed E-state index contributed by atoms with van der Waals surface area (Å²) < 4.78 is 0. The van der Waals surface area contributed by atoms with Crippen LogP contribution in [0.25, 0.3) is 0 Å². The minimum Gasteiger partial charge on any atom is -0.518 e. The molecular weight excluding hydrogens is 131 g/mol. The molecule has 0 radical (unpaired) electrons. The van der Waals surface area contributed by atoms with Crippen molar-refractivity contribution in [1.29, 1.82) is 0 Å². The predicted molar refractivity (Wildman–Crippen MR) is 25.0 cm³/mol. The molecule has 0 spiro atoms. The van der Waals surface area contributed by atoms with E-state index in [0.29, 0.717) is 0 Å². The Morgan fingerprint density at radius 2 is 2.38 bits per heavy atom. The molecule has 0 aromatic carbocycles. The van der Waals surface area contributed by atoms with Crippen molar-refractivity contribution >= 4 is 6.41 Å². The summed E-state index contributed by atoms with van der Waals surface area (Å²) in [5, 5.41) is 1.43. The van der Waals surface area contributed by atoms with Crippen LogP contribution in [0, 0.1) is 0 Å². The molecule has 1 rings (SSSR count). The Morgan fingerprint density at radius 3 is 2.62 bits per heavy atom. The molecule has 1 fully saturated rings. The van der Waals surface area contributed by atoms with E-state index in [0.717, 1.165) is 19.5 Å². The van der Waals surface area contributed by atoms with Gasteiger partial charge in [-0.15, -0.1) is 6.41 Å². The molecule has 4 heteroatoms. The molecular formula is C4H7KN2O. The van der Waals surface area contributed by atoms with E-state index in [1.165, 1.54) is 5.01 Å². The molecule has 1 amide bonds. The normalized spacial score (nSPS) is 17.8. The van der Waals surface area contributed by atoms with E-state index < -0.39 is 0 Å². The Balaban J connectivity index is 0.000000490. The van der Waals surface area contributed by atoms with Crippen LogP contribution < -0.4 is 56.8 Å². The van der Waals surface area contributed by atoms with Crippen molar-refractivity contribution in [3.8, 4) is 0 Å². The van der Waals surface area contributed by atoms with Crippen molar-refractivity contribution in [3.05, 3.63) is 0 Å². The first-order valence-corrected chi connectivity index (χ1v) is 2.32. The van der Waals surface area contributed by atoms with Crippen molar-refractivity contribution in [2.75, 3.05) is 13.1 Å². The first kappa shape index (κ1) is 9.07. The molecule has 0 bridgehead atoms. The fourth-order valence-corrected chi connectivity index (χ4v) is 0.608. The predicted octanol–water partition coefficient (Wildman–Crippen LogP) is -3.73. The molecule has 0 unspecified atom stereocenters. The number of carbonyl (C=O) groups excluding carboxylic acids is 1. The van der Waals surface area contributed by atoms with Gasteiger partial charge < -0.3 is 9.80 Å². The minimum absolute atomic E-state index is 0. The molecule has 0 aliphatic carbocycles. The van der Waals surface area contributed by atoms with Crippen molar-refractivity contribution in [2.24, 2.45) is 0 Å². The average molecular weight is 138 g/mol. The summed E-state index contributed by atoms with van der Waals surface area (Å²) in [7, 11) is 0. The maximum absolute atomic E-state index is 9.75. The van der Waals surface area contributed by atoms with Crippen molar-refractivity contribution in [1.82, 2.24) is 10.4 Å². The van der Waals surface area contributed by atoms with Crippen molar-refractivity contribution < 1.29 is 56.2 Å². The van der Waals surface area contributed by atoms with E-state index in [-0.39, 0.29) is 51.4 Å². The molecule has 1 saturated heterocycles. The van der Waals surface area contributed by atoms with Crippen molar-refractivity contribution in [2.45, 2.75) is 6.42 Å². The van der Waals surface area contributed by atoms with E-state index in [1.807, 2.05) is 0 Å². The van der Waals surface area contributed by atoms with Gasteiger partial charge in [-0.2, -0.15) is 0 Å². The maximum Gasteiger partial charge on any atom is 1.00 e. The van der Waals surface area contributed by atoms with E-state index in [9.17, 15) is 4.79 Å². The van der Waals surface area contributed by atoms with Gasteiger partial charge in [-0.25, -0.2) is 0 Å². The summed E-state index contributed by atoms with van der Waals surface area (Å²) in [5.74, 6) is 0. The van der Waals surface area contributed by atoms with Crippen LogP contribution in [-0.2, 0) is 4.79 Å². The fourth-order valence-electron chi connectivity index (χ4n) is 0.608. The zero-order chi connectivity index (χ0) is 5.11. The average Bonchev–Trinajstić information content (AvgIpc) is 2.14. The Morgan fingerprint density at radius 1 is 1.62 bits per heavy atom. The topological polar surface area (TPSA) is 32.3 Å². The Kier molecular flexibility index (Phi) is 5.55. The van der Waals surface area contributed by atoms with Gasteiger partial charge in [0.25, 0.3) is 0 Å². The zero-order valence-corrected chi connectivity index (χ0v) is 8.10. The van der Waals surface area contributed by atoms with Crippen LogP contribution in [0.15, 0.2) is 0 Å². The van der Waals surface area contributed by atoms with Gasteiger partial charge in [-0.05, 0) is 6.42 Å². The number of nitrogens with zero attached hydrogens (tertiary/aromatic N) is 1.